The molecule has 3 aromatic rings. The Bertz CT molecular complexity index is 1140. The molecule has 31 heavy (non-hydrogen) atoms. The van der Waals surface area contributed by atoms with Gasteiger partial charge in [0.15, 0.2) is 0 Å². The molecule has 1 N–H and O–H groups in total. The van der Waals surface area contributed by atoms with Crippen LogP contribution in [0.1, 0.15) is 22.7 Å². The molecule has 0 amide bonds. The summed E-state index contributed by atoms with van der Waals surface area (Å²) in [5.74, 6) is 0. The maximum Gasteiger partial charge on any atom is 0.250 e. The maximum absolute atomic E-state index is 12.8. The Morgan fingerprint density at radius 3 is 2.42 bits per heavy atom. The first-order chi connectivity index (χ1) is 14.8. The van der Waals surface area contributed by atoms with Gasteiger partial charge in [-0.25, -0.2) is 13.1 Å². The number of fused-ring (bicyclic) bond motifs is 1. The second-order valence-corrected chi connectivity index (χ2v) is 11.6. The Balaban J connectivity index is 1.60. The number of thiophene rings is 1. The van der Waals surface area contributed by atoms with Crippen LogP contribution < -0.4 is 9.62 Å². The molecule has 1 atom stereocenters. The van der Waals surface area contributed by atoms with Crippen LogP contribution in [0.4, 0.5) is 5.69 Å². The van der Waals surface area contributed by atoms with Crippen molar-refractivity contribution in [1.82, 2.24) is 9.62 Å². The van der Waals surface area contributed by atoms with Gasteiger partial charge in [0.2, 0.25) is 10.0 Å². The number of nitrogens with one attached hydrogen (secondary N) is 1. The third-order valence-corrected chi connectivity index (χ3v) is 8.82. The summed E-state index contributed by atoms with van der Waals surface area (Å²) in [6.45, 7) is 1.97. The monoisotopic (exact) mass is 475 g/mol. The molecular formula is C23H26ClN3O2S2. The van der Waals surface area contributed by atoms with Crippen molar-refractivity contribution >= 4 is 38.6 Å². The van der Waals surface area contributed by atoms with E-state index in [9.17, 15) is 8.42 Å². The molecule has 5 nitrogen and oxygen atoms in total. The largest absolute Gasteiger partial charge is 0.378 e. The van der Waals surface area contributed by atoms with Crippen molar-refractivity contribution in [3.8, 4) is 0 Å². The predicted molar refractivity (Wildman–Crippen MR) is 129 cm³/mol. The minimum absolute atomic E-state index is 0.0743. The number of rotatable bonds is 7. The Hall–Kier alpha value is -1.90. The van der Waals surface area contributed by atoms with Crippen molar-refractivity contribution in [3.63, 3.8) is 0 Å². The fraction of sp³-hybridized carbons (Fsp3) is 0.304. The highest BCUT2D eigenvalue weighted by molar-refractivity contribution is 7.91. The highest BCUT2D eigenvalue weighted by atomic mass is 35.5. The first-order valence-corrected chi connectivity index (χ1v) is 12.8. The van der Waals surface area contributed by atoms with Crippen molar-refractivity contribution in [2.45, 2.75) is 23.2 Å². The van der Waals surface area contributed by atoms with Crippen LogP contribution in [0.3, 0.4) is 0 Å². The molecular weight excluding hydrogens is 450 g/mol. The van der Waals surface area contributed by atoms with Crippen LogP contribution in [0.5, 0.6) is 0 Å². The molecule has 0 radical (unpaired) electrons. The molecule has 0 aliphatic carbocycles. The van der Waals surface area contributed by atoms with Gasteiger partial charge < -0.3 is 4.90 Å². The summed E-state index contributed by atoms with van der Waals surface area (Å²) in [7, 11) is 0.402. The number of sulfonamides is 1. The summed E-state index contributed by atoms with van der Waals surface area (Å²) >= 11 is 7.02. The Morgan fingerprint density at radius 2 is 1.77 bits per heavy atom. The molecule has 1 aliphatic rings. The van der Waals surface area contributed by atoms with Gasteiger partial charge in [0.05, 0.1) is 4.34 Å². The summed E-state index contributed by atoms with van der Waals surface area (Å²) in [5, 5.41) is 0. The molecule has 1 aromatic heterocycles. The number of halogens is 1. The highest BCUT2D eigenvalue weighted by Gasteiger charge is 2.27. The summed E-state index contributed by atoms with van der Waals surface area (Å²) in [6.07, 6.45) is 0.954. The lowest BCUT2D eigenvalue weighted by Gasteiger charge is -2.36. The first kappa shape index (κ1) is 22.3. The third kappa shape index (κ3) is 5.13. The number of nitrogens with zero attached hydrogens (tertiary/aromatic N) is 2. The molecule has 8 heteroatoms. The molecule has 0 saturated carbocycles. The average Bonchev–Trinajstić information content (AvgIpc) is 3.21. The number of anilines is 1. The fourth-order valence-electron chi connectivity index (χ4n) is 3.94. The molecule has 0 spiro atoms. The van der Waals surface area contributed by atoms with Gasteiger partial charge in [-0.15, -0.1) is 11.3 Å². The lowest BCUT2D eigenvalue weighted by atomic mass is 9.96. The van der Waals surface area contributed by atoms with Crippen LogP contribution in [-0.2, 0) is 23.0 Å². The number of hydrogen-bond donors (Lipinski definition) is 1. The molecule has 0 bridgehead atoms. The quantitative estimate of drug-likeness (QED) is 0.544. The minimum atomic E-state index is -3.61. The van der Waals surface area contributed by atoms with E-state index in [1.165, 1.54) is 11.1 Å². The van der Waals surface area contributed by atoms with Crippen LogP contribution in [0.2, 0.25) is 4.34 Å². The highest BCUT2D eigenvalue weighted by Crippen LogP contribution is 2.30. The van der Waals surface area contributed by atoms with E-state index in [1.807, 2.05) is 14.1 Å². The van der Waals surface area contributed by atoms with Crippen molar-refractivity contribution in [2.24, 2.45) is 0 Å². The normalized spacial score (nSPS) is 15.5. The van der Waals surface area contributed by atoms with Gasteiger partial charge in [-0.3, -0.25) is 4.90 Å². The summed E-state index contributed by atoms with van der Waals surface area (Å²) < 4.78 is 29.2. The van der Waals surface area contributed by atoms with Crippen LogP contribution in [0, 0.1) is 0 Å². The van der Waals surface area contributed by atoms with E-state index in [1.54, 1.807) is 12.1 Å². The molecule has 1 unspecified atom stereocenters. The van der Waals surface area contributed by atoms with E-state index in [-0.39, 0.29) is 10.3 Å². The van der Waals surface area contributed by atoms with Crippen molar-refractivity contribution in [3.05, 3.63) is 81.7 Å². The van der Waals surface area contributed by atoms with Crippen LogP contribution in [-0.4, -0.2) is 40.5 Å². The molecule has 0 saturated heterocycles. The average molecular weight is 476 g/mol. The van der Waals surface area contributed by atoms with E-state index < -0.39 is 10.0 Å². The lowest BCUT2D eigenvalue weighted by molar-refractivity contribution is 0.180. The van der Waals surface area contributed by atoms with E-state index in [2.05, 4.69) is 63.1 Å². The maximum atomic E-state index is 12.8. The van der Waals surface area contributed by atoms with Gasteiger partial charge in [0, 0.05) is 45.5 Å². The van der Waals surface area contributed by atoms with Crippen LogP contribution in [0.15, 0.2) is 64.9 Å². The zero-order valence-corrected chi connectivity index (χ0v) is 20.0. The molecule has 1 aliphatic heterocycles. The SMILES string of the molecule is CN(C)c1ccc(C(CNS(=O)(=O)c2ccc(Cl)s2)N2CCc3ccccc3C2)cc1. The molecule has 2 heterocycles. The zero-order chi connectivity index (χ0) is 22.0. The second-order valence-electron chi connectivity index (χ2n) is 7.90. The van der Waals surface area contributed by atoms with Crippen LogP contribution in [0.25, 0.3) is 0 Å². The minimum Gasteiger partial charge on any atom is -0.378 e. The van der Waals surface area contributed by atoms with Gasteiger partial charge in [-0.05, 0) is 47.4 Å². The lowest BCUT2D eigenvalue weighted by Crippen LogP contribution is -2.40. The van der Waals surface area contributed by atoms with E-state index in [4.69, 9.17) is 11.6 Å². The Morgan fingerprint density at radius 1 is 1.06 bits per heavy atom. The number of benzene rings is 2. The topological polar surface area (TPSA) is 52.7 Å². The van der Waals surface area contributed by atoms with Gasteiger partial charge >= 0.3 is 0 Å². The van der Waals surface area contributed by atoms with Crippen molar-refractivity contribution in [1.29, 1.82) is 0 Å². The van der Waals surface area contributed by atoms with Crippen LogP contribution >= 0.6 is 22.9 Å². The second kappa shape index (κ2) is 9.30. The van der Waals surface area contributed by atoms with E-state index >= 15 is 0 Å². The zero-order valence-electron chi connectivity index (χ0n) is 17.6. The Labute approximate surface area is 193 Å². The van der Waals surface area contributed by atoms with Gasteiger partial charge in [-0.2, -0.15) is 0 Å². The molecule has 4 rings (SSSR count). The first-order valence-electron chi connectivity index (χ1n) is 10.2. The Kier molecular flexibility index (Phi) is 6.69. The van der Waals surface area contributed by atoms with Crippen molar-refractivity contribution < 1.29 is 8.42 Å². The standard InChI is InChI=1S/C23H26ClN3O2S2/c1-26(2)20-9-7-18(8-10-20)21(15-25-31(28,29)23-12-11-22(24)30-23)27-14-13-17-5-3-4-6-19(17)16-27/h3-12,21,25H,13-16H2,1-2H3. The third-order valence-electron chi connectivity index (χ3n) is 5.68. The van der Waals surface area contributed by atoms with Gasteiger partial charge in [-0.1, -0.05) is 48.0 Å². The summed E-state index contributed by atoms with van der Waals surface area (Å²) in [5.41, 5.74) is 4.88. The fourth-order valence-corrected chi connectivity index (χ4v) is 6.50. The number of hydrogen-bond acceptors (Lipinski definition) is 5. The smallest absolute Gasteiger partial charge is 0.250 e. The molecule has 2 aromatic carbocycles. The summed E-state index contributed by atoms with van der Waals surface area (Å²) in [6, 6.07) is 19.9. The summed E-state index contributed by atoms with van der Waals surface area (Å²) in [4.78, 5) is 4.41. The van der Waals surface area contributed by atoms with Gasteiger partial charge in [0.25, 0.3) is 0 Å². The molecule has 0 fully saturated rings. The van der Waals surface area contributed by atoms with Crippen molar-refractivity contribution in [2.75, 3.05) is 32.1 Å². The molecule has 164 valence electrons. The van der Waals surface area contributed by atoms with E-state index in [0.29, 0.717) is 10.9 Å². The predicted octanol–water partition coefficient (Wildman–Crippen LogP) is 4.55. The van der Waals surface area contributed by atoms with E-state index in [0.717, 1.165) is 42.1 Å². The van der Waals surface area contributed by atoms with Gasteiger partial charge in [0.1, 0.15) is 4.21 Å².